The Bertz CT molecular complexity index is 249. The van der Waals surface area contributed by atoms with Crippen LogP contribution in [-0.4, -0.2) is 6.61 Å². The van der Waals surface area contributed by atoms with Crippen LogP contribution >= 0.6 is 0 Å². The number of hydrogen-bond donors (Lipinski definition) is 0. The molecule has 0 spiro atoms. The molecule has 1 nitrogen and oxygen atoms in total. The first-order valence-corrected chi connectivity index (χ1v) is 5.59. The average Bonchev–Trinajstić information content (AvgIpc) is 2.84. The summed E-state index contributed by atoms with van der Waals surface area (Å²) < 4.78 is 4.76. The molecule has 0 aromatic heterocycles. The van der Waals surface area contributed by atoms with Gasteiger partial charge in [-0.25, -0.2) is 0 Å². The van der Waals surface area contributed by atoms with Gasteiger partial charge in [0.25, 0.3) is 0 Å². The van der Waals surface area contributed by atoms with Gasteiger partial charge in [0.15, 0.2) is 0 Å². The summed E-state index contributed by atoms with van der Waals surface area (Å²) >= 11 is 0. The zero-order valence-corrected chi connectivity index (χ0v) is 10.3. The lowest BCUT2D eigenvalue weighted by Gasteiger charge is -1.93. The number of hydrogen-bond acceptors (Lipinski definition) is 1. The molecule has 0 bridgehead atoms. The molecule has 0 unspecified atom stereocenters. The predicted octanol–water partition coefficient (Wildman–Crippen LogP) is 4.25. The second-order valence-electron chi connectivity index (χ2n) is 3.12. The fourth-order valence-electron chi connectivity index (χ4n) is 1.00. The highest BCUT2D eigenvalue weighted by Gasteiger charge is 1.84. The van der Waals surface area contributed by atoms with Crippen molar-refractivity contribution in [3.63, 3.8) is 0 Å². The van der Waals surface area contributed by atoms with E-state index in [1.54, 1.807) is 6.26 Å². The molecule has 84 valence electrons. The molecule has 15 heavy (non-hydrogen) atoms. The molecule has 1 aliphatic rings. The fourth-order valence-corrected chi connectivity index (χ4v) is 1.00. The van der Waals surface area contributed by atoms with Crippen LogP contribution in [0.25, 0.3) is 0 Å². The Morgan fingerprint density at radius 3 is 1.73 bits per heavy atom. The predicted molar refractivity (Wildman–Crippen MR) is 67.0 cm³/mol. The van der Waals surface area contributed by atoms with E-state index >= 15 is 0 Å². The lowest BCUT2D eigenvalue weighted by atomic mass is 10.1. The molecule has 1 aliphatic heterocycles. The second-order valence-corrected chi connectivity index (χ2v) is 3.12. The summed E-state index contributed by atoms with van der Waals surface area (Å²) in [4.78, 5) is 0. The van der Waals surface area contributed by atoms with E-state index in [9.17, 15) is 0 Å². The van der Waals surface area contributed by atoms with Crippen molar-refractivity contribution in [3.05, 3.63) is 47.7 Å². The number of rotatable bonds is 0. The van der Waals surface area contributed by atoms with Gasteiger partial charge in [-0.15, -0.1) is 0 Å². The molecule has 0 amide bonds. The minimum Gasteiger partial charge on any atom is -0.501 e. The Labute approximate surface area is 93.8 Å². The number of aryl methyl sites for hydroxylation is 2. The van der Waals surface area contributed by atoms with Crippen molar-refractivity contribution in [2.45, 2.75) is 34.1 Å². The van der Waals surface area contributed by atoms with Crippen molar-refractivity contribution in [1.82, 2.24) is 0 Å². The number of benzene rings is 1. The highest BCUT2D eigenvalue weighted by Crippen LogP contribution is 2.02. The Morgan fingerprint density at radius 1 is 1.00 bits per heavy atom. The topological polar surface area (TPSA) is 9.23 Å². The van der Waals surface area contributed by atoms with E-state index in [-0.39, 0.29) is 0 Å². The minimum atomic E-state index is 0.889. The zero-order chi connectivity index (χ0) is 11.5. The molecule has 0 saturated heterocycles. The third-order valence-electron chi connectivity index (χ3n) is 2.02. The summed E-state index contributed by atoms with van der Waals surface area (Å²) in [6.45, 7) is 9.13. The van der Waals surface area contributed by atoms with Gasteiger partial charge in [-0.2, -0.15) is 0 Å². The quantitative estimate of drug-likeness (QED) is 0.616. The van der Waals surface area contributed by atoms with Crippen LogP contribution in [0.2, 0.25) is 0 Å². The zero-order valence-electron chi connectivity index (χ0n) is 10.3. The van der Waals surface area contributed by atoms with Crippen molar-refractivity contribution >= 4 is 0 Å². The first-order valence-electron chi connectivity index (χ1n) is 5.59. The monoisotopic (exact) mass is 206 g/mol. The van der Waals surface area contributed by atoms with Crippen molar-refractivity contribution in [2.24, 2.45) is 0 Å². The summed E-state index contributed by atoms with van der Waals surface area (Å²) in [5.74, 6) is 0. The summed E-state index contributed by atoms with van der Waals surface area (Å²) in [7, 11) is 0. The molecule has 0 fully saturated rings. The van der Waals surface area contributed by atoms with Gasteiger partial charge >= 0.3 is 0 Å². The van der Waals surface area contributed by atoms with Crippen LogP contribution in [0.5, 0.6) is 0 Å². The van der Waals surface area contributed by atoms with Gasteiger partial charge in [0, 0.05) is 6.42 Å². The van der Waals surface area contributed by atoms with E-state index in [1.807, 2.05) is 19.9 Å². The molecular weight excluding hydrogens is 184 g/mol. The lowest BCUT2D eigenvalue weighted by molar-refractivity contribution is 0.281. The highest BCUT2D eigenvalue weighted by atomic mass is 16.5. The standard InChI is InChI=1S/C8H10.C4H6O.C2H6/c1-7-5-3-4-6-8(7)2;1-2-4-5-3-1;1-2/h3-6H,1-2H3;1,3H,2,4H2;1-2H3. The van der Waals surface area contributed by atoms with E-state index in [4.69, 9.17) is 4.74 Å². The van der Waals surface area contributed by atoms with Crippen molar-refractivity contribution in [2.75, 3.05) is 6.61 Å². The van der Waals surface area contributed by atoms with Gasteiger partial charge < -0.3 is 4.74 Å². The van der Waals surface area contributed by atoms with Crippen LogP contribution in [0.15, 0.2) is 36.6 Å². The van der Waals surface area contributed by atoms with Crippen molar-refractivity contribution < 1.29 is 4.74 Å². The second kappa shape index (κ2) is 9.32. The smallest absolute Gasteiger partial charge is 0.0908 e. The molecule has 0 saturated carbocycles. The van der Waals surface area contributed by atoms with Gasteiger partial charge in [0.2, 0.25) is 0 Å². The van der Waals surface area contributed by atoms with E-state index in [0.717, 1.165) is 13.0 Å². The Kier molecular flexibility index (Phi) is 8.55. The lowest BCUT2D eigenvalue weighted by Crippen LogP contribution is -1.74. The maximum atomic E-state index is 4.76. The van der Waals surface area contributed by atoms with Crippen LogP contribution in [0.3, 0.4) is 0 Å². The van der Waals surface area contributed by atoms with Crippen LogP contribution in [-0.2, 0) is 4.74 Å². The third-order valence-corrected chi connectivity index (χ3v) is 2.02. The normalized spacial score (nSPS) is 11.7. The molecule has 0 aliphatic carbocycles. The van der Waals surface area contributed by atoms with Gasteiger partial charge in [-0.05, 0) is 31.1 Å². The molecular formula is C14H22O. The molecule has 0 N–H and O–H groups in total. The summed E-state index contributed by atoms with van der Waals surface area (Å²) in [6.07, 6.45) is 4.85. The molecule has 2 rings (SSSR count). The maximum Gasteiger partial charge on any atom is 0.0908 e. The number of ether oxygens (including phenoxy) is 1. The van der Waals surface area contributed by atoms with Gasteiger partial charge in [-0.3, -0.25) is 0 Å². The first-order chi connectivity index (χ1) is 7.30. The Balaban J connectivity index is 0.000000241. The summed E-state index contributed by atoms with van der Waals surface area (Å²) in [5.41, 5.74) is 2.74. The van der Waals surface area contributed by atoms with E-state index < -0.39 is 0 Å². The van der Waals surface area contributed by atoms with Crippen LogP contribution < -0.4 is 0 Å². The molecule has 0 atom stereocenters. The minimum absolute atomic E-state index is 0.889. The summed E-state index contributed by atoms with van der Waals surface area (Å²) in [5, 5.41) is 0. The van der Waals surface area contributed by atoms with Gasteiger partial charge in [0.1, 0.15) is 0 Å². The molecule has 0 radical (unpaired) electrons. The van der Waals surface area contributed by atoms with Gasteiger partial charge in [0.05, 0.1) is 12.9 Å². The van der Waals surface area contributed by atoms with E-state index in [0.29, 0.717) is 0 Å². The highest BCUT2D eigenvalue weighted by molar-refractivity contribution is 5.23. The molecule has 1 aromatic rings. The average molecular weight is 206 g/mol. The molecule has 1 aromatic carbocycles. The maximum absolute atomic E-state index is 4.76. The Morgan fingerprint density at radius 2 is 1.53 bits per heavy atom. The largest absolute Gasteiger partial charge is 0.501 e. The van der Waals surface area contributed by atoms with E-state index in [1.165, 1.54) is 11.1 Å². The fraction of sp³-hybridized carbons (Fsp3) is 0.429. The SMILES string of the molecule is C1=COCC1.CC.Cc1ccccc1C. The van der Waals surface area contributed by atoms with Crippen molar-refractivity contribution in [1.29, 1.82) is 0 Å². The summed E-state index contributed by atoms with van der Waals surface area (Å²) in [6, 6.07) is 8.36. The van der Waals surface area contributed by atoms with Crippen molar-refractivity contribution in [3.8, 4) is 0 Å². The molecule has 1 heterocycles. The van der Waals surface area contributed by atoms with Gasteiger partial charge in [-0.1, -0.05) is 38.1 Å². The first kappa shape index (κ1) is 13.8. The van der Waals surface area contributed by atoms with Crippen LogP contribution in [0, 0.1) is 13.8 Å². The molecule has 1 heteroatoms. The van der Waals surface area contributed by atoms with E-state index in [2.05, 4.69) is 38.1 Å². The van der Waals surface area contributed by atoms with Crippen LogP contribution in [0.1, 0.15) is 31.4 Å². The third kappa shape index (κ3) is 6.78. The van der Waals surface area contributed by atoms with Crippen LogP contribution in [0.4, 0.5) is 0 Å². The Hall–Kier alpha value is -1.24.